The predicted octanol–water partition coefficient (Wildman–Crippen LogP) is 3.89. The Morgan fingerprint density at radius 1 is 1.33 bits per heavy atom. The van der Waals surface area contributed by atoms with Crippen molar-refractivity contribution in [1.82, 2.24) is 0 Å². The monoisotopic (exact) mass is 289 g/mol. The lowest BCUT2D eigenvalue weighted by Gasteiger charge is -2.38. The second kappa shape index (κ2) is 5.98. The van der Waals surface area contributed by atoms with Gasteiger partial charge in [0, 0.05) is 18.9 Å². The first-order valence-electron chi connectivity index (χ1n) is 8.25. The van der Waals surface area contributed by atoms with Gasteiger partial charge in [-0.1, -0.05) is 25.0 Å². The Kier molecular flexibility index (Phi) is 4.23. The van der Waals surface area contributed by atoms with Crippen LogP contribution in [0.15, 0.2) is 18.2 Å². The topological polar surface area (TPSA) is 44.5 Å². The summed E-state index contributed by atoms with van der Waals surface area (Å²) in [5.41, 5.74) is 8.40. The molecular formula is C18H27NO2. The number of aryl methyl sites for hydroxylation is 1. The van der Waals surface area contributed by atoms with Crippen LogP contribution in [0.2, 0.25) is 0 Å². The molecule has 1 aliphatic carbocycles. The van der Waals surface area contributed by atoms with Gasteiger partial charge < -0.3 is 15.2 Å². The molecule has 2 fully saturated rings. The van der Waals surface area contributed by atoms with E-state index < -0.39 is 0 Å². The molecule has 116 valence electrons. The highest BCUT2D eigenvalue weighted by molar-refractivity contribution is 5.37. The van der Waals surface area contributed by atoms with Crippen molar-refractivity contribution in [2.24, 2.45) is 5.73 Å². The highest BCUT2D eigenvalue weighted by Gasteiger charge is 2.40. The minimum absolute atomic E-state index is 0.0718. The van der Waals surface area contributed by atoms with Crippen LogP contribution in [0.25, 0.3) is 0 Å². The van der Waals surface area contributed by atoms with Crippen LogP contribution in [0.3, 0.4) is 0 Å². The van der Waals surface area contributed by atoms with Crippen molar-refractivity contribution in [3.8, 4) is 5.75 Å². The molecule has 1 spiro atoms. The molecule has 21 heavy (non-hydrogen) atoms. The molecule has 1 saturated heterocycles. The first-order valence-corrected chi connectivity index (χ1v) is 8.25. The van der Waals surface area contributed by atoms with Crippen LogP contribution in [0.5, 0.6) is 5.75 Å². The van der Waals surface area contributed by atoms with Crippen molar-refractivity contribution in [1.29, 1.82) is 0 Å². The van der Waals surface area contributed by atoms with Gasteiger partial charge in [0.1, 0.15) is 11.9 Å². The standard InChI is InChI=1S/C18H27NO2/c1-13-11-15(14(2)19)5-6-17(13)21-16-7-10-20-18(12-16)8-3-4-9-18/h5-6,11,14,16H,3-4,7-10,12,19H2,1-2H3. The number of benzene rings is 1. The zero-order chi connectivity index (χ0) is 14.9. The average Bonchev–Trinajstić information content (AvgIpc) is 2.89. The molecule has 1 saturated carbocycles. The molecule has 0 radical (unpaired) electrons. The SMILES string of the molecule is Cc1cc(C(C)N)ccc1OC1CCOC2(CCCC2)C1. The Labute approximate surface area is 127 Å². The van der Waals surface area contributed by atoms with Gasteiger partial charge in [-0.3, -0.25) is 0 Å². The number of hydrogen-bond donors (Lipinski definition) is 1. The minimum atomic E-state index is 0.0718. The quantitative estimate of drug-likeness (QED) is 0.918. The first-order chi connectivity index (χ1) is 10.1. The summed E-state index contributed by atoms with van der Waals surface area (Å²) < 4.78 is 12.4. The van der Waals surface area contributed by atoms with Crippen molar-refractivity contribution >= 4 is 0 Å². The Hall–Kier alpha value is -1.06. The van der Waals surface area contributed by atoms with E-state index in [-0.39, 0.29) is 17.7 Å². The fourth-order valence-electron chi connectivity index (χ4n) is 3.72. The van der Waals surface area contributed by atoms with Crippen LogP contribution < -0.4 is 10.5 Å². The lowest BCUT2D eigenvalue weighted by Crippen LogP contribution is -2.41. The smallest absolute Gasteiger partial charge is 0.122 e. The highest BCUT2D eigenvalue weighted by atomic mass is 16.5. The second-order valence-corrected chi connectivity index (χ2v) is 6.78. The van der Waals surface area contributed by atoms with E-state index in [4.69, 9.17) is 15.2 Å². The summed E-state index contributed by atoms with van der Waals surface area (Å²) in [6.07, 6.45) is 7.34. The van der Waals surface area contributed by atoms with Gasteiger partial charge in [-0.25, -0.2) is 0 Å². The maximum atomic E-state index is 6.29. The number of rotatable bonds is 3. The minimum Gasteiger partial charge on any atom is -0.490 e. The third-order valence-corrected chi connectivity index (χ3v) is 4.98. The molecule has 3 nitrogen and oxygen atoms in total. The molecule has 2 aliphatic rings. The Morgan fingerprint density at radius 3 is 2.76 bits per heavy atom. The summed E-state index contributed by atoms with van der Waals surface area (Å²) in [5.74, 6) is 0.999. The van der Waals surface area contributed by atoms with E-state index in [0.717, 1.165) is 25.2 Å². The number of ether oxygens (including phenoxy) is 2. The van der Waals surface area contributed by atoms with Crippen LogP contribution in [0.4, 0.5) is 0 Å². The summed E-state index contributed by atoms with van der Waals surface area (Å²) in [7, 11) is 0. The molecular weight excluding hydrogens is 262 g/mol. The third-order valence-electron chi connectivity index (χ3n) is 4.98. The van der Waals surface area contributed by atoms with E-state index in [1.54, 1.807) is 0 Å². The lowest BCUT2D eigenvalue weighted by molar-refractivity contribution is -0.108. The van der Waals surface area contributed by atoms with E-state index >= 15 is 0 Å². The van der Waals surface area contributed by atoms with Gasteiger partial charge in [0.2, 0.25) is 0 Å². The third kappa shape index (κ3) is 3.24. The van der Waals surface area contributed by atoms with Gasteiger partial charge >= 0.3 is 0 Å². The zero-order valence-corrected chi connectivity index (χ0v) is 13.2. The van der Waals surface area contributed by atoms with Crippen molar-refractivity contribution < 1.29 is 9.47 Å². The summed E-state index contributed by atoms with van der Waals surface area (Å²) in [6, 6.07) is 6.37. The molecule has 0 aromatic heterocycles. The molecule has 1 aliphatic heterocycles. The van der Waals surface area contributed by atoms with Crippen molar-refractivity contribution in [3.05, 3.63) is 29.3 Å². The molecule has 0 amide bonds. The Bertz CT molecular complexity index is 492. The van der Waals surface area contributed by atoms with Gasteiger partial charge in [0.05, 0.1) is 12.2 Å². The van der Waals surface area contributed by atoms with Crippen LogP contribution in [0, 0.1) is 6.92 Å². The Morgan fingerprint density at radius 2 is 2.10 bits per heavy atom. The van der Waals surface area contributed by atoms with E-state index in [1.807, 2.05) is 6.92 Å². The van der Waals surface area contributed by atoms with Gasteiger partial charge in [-0.15, -0.1) is 0 Å². The fraction of sp³-hybridized carbons (Fsp3) is 0.667. The van der Waals surface area contributed by atoms with E-state index in [1.165, 1.54) is 36.8 Å². The van der Waals surface area contributed by atoms with Gasteiger partial charge in [-0.05, 0) is 43.9 Å². The van der Waals surface area contributed by atoms with Gasteiger partial charge in [0.25, 0.3) is 0 Å². The fourth-order valence-corrected chi connectivity index (χ4v) is 3.72. The molecule has 2 N–H and O–H groups in total. The van der Waals surface area contributed by atoms with Crippen LogP contribution in [-0.2, 0) is 4.74 Å². The van der Waals surface area contributed by atoms with Gasteiger partial charge in [0.15, 0.2) is 0 Å². The maximum absolute atomic E-state index is 6.29. The largest absolute Gasteiger partial charge is 0.490 e. The Balaban J connectivity index is 1.68. The summed E-state index contributed by atoms with van der Waals surface area (Å²) in [6.45, 7) is 4.95. The van der Waals surface area contributed by atoms with E-state index in [2.05, 4.69) is 25.1 Å². The van der Waals surface area contributed by atoms with Crippen LogP contribution >= 0.6 is 0 Å². The zero-order valence-electron chi connectivity index (χ0n) is 13.2. The molecule has 2 unspecified atom stereocenters. The predicted molar refractivity (Wildman–Crippen MR) is 84.6 cm³/mol. The average molecular weight is 289 g/mol. The molecule has 1 heterocycles. The van der Waals surface area contributed by atoms with E-state index in [9.17, 15) is 0 Å². The van der Waals surface area contributed by atoms with Crippen LogP contribution in [-0.4, -0.2) is 18.3 Å². The molecule has 1 aromatic carbocycles. The summed E-state index contributed by atoms with van der Waals surface area (Å²) in [4.78, 5) is 0. The molecule has 1 aromatic rings. The summed E-state index contributed by atoms with van der Waals surface area (Å²) in [5, 5.41) is 0. The lowest BCUT2D eigenvalue weighted by atomic mass is 9.90. The second-order valence-electron chi connectivity index (χ2n) is 6.78. The van der Waals surface area contributed by atoms with Crippen LogP contribution in [0.1, 0.15) is 62.6 Å². The van der Waals surface area contributed by atoms with Crippen molar-refractivity contribution in [2.75, 3.05) is 6.61 Å². The van der Waals surface area contributed by atoms with Crippen molar-refractivity contribution in [2.45, 2.75) is 70.1 Å². The first kappa shape index (κ1) is 14.9. The van der Waals surface area contributed by atoms with Crippen molar-refractivity contribution in [3.63, 3.8) is 0 Å². The molecule has 0 bridgehead atoms. The molecule has 2 atom stereocenters. The van der Waals surface area contributed by atoms with E-state index in [0.29, 0.717) is 0 Å². The highest BCUT2D eigenvalue weighted by Crippen LogP contribution is 2.41. The number of nitrogens with two attached hydrogens (primary N) is 1. The molecule has 3 rings (SSSR count). The normalized spacial score (nSPS) is 26.0. The number of hydrogen-bond acceptors (Lipinski definition) is 3. The van der Waals surface area contributed by atoms with Gasteiger partial charge in [-0.2, -0.15) is 0 Å². The maximum Gasteiger partial charge on any atom is 0.122 e. The molecule has 3 heteroatoms. The summed E-state index contributed by atoms with van der Waals surface area (Å²) >= 11 is 0.